The zero-order chi connectivity index (χ0) is 33.5. The molecule has 0 bridgehead atoms. The lowest BCUT2D eigenvalue weighted by atomic mass is 9.82. The van der Waals surface area contributed by atoms with E-state index >= 15 is 0 Å². The third kappa shape index (κ3) is 4.09. The van der Waals surface area contributed by atoms with Gasteiger partial charge in [-0.25, -0.2) is 0 Å². The van der Waals surface area contributed by atoms with Gasteiger partial charge in [0.1, 0.15) is 11.2 Å². The maximum Gasteiger partial charge on any atom is 0.143 e. The van der Waals surface area contributed by atoms with Crippen LogP contribution in [-0.2, 0) is 0 Å². The van der Waals surface area contributed by atoms with Crippen LogP contribution in [0.2, 0.25) is 0 Å². The highest BCUT2D eigenvalue weighted by atomic mass is 16.3. The van der Waals surface area contributed by atoms with E-state index in [0.29, 0.717) is 0 Å². The van der Waals surface area contributed by atoms with E-state index in [4.69, 9.17) is 4.42 Å². The summed E-state index contributed by atoms with van der Waals surface area (Å²) in [4.78, 5) is 0. The number of benzene rings is 10. The molecule has 10 aromatic carbocycles. The largest absolute Gasteiger partial charge is 0.455 e. The summed E-state index contributed by atoms with van der Waals surface area (Å²) in [6.45, 7) is 0. The maximum absolute atomic E-state index is 6.71. The second-order valence-corrected chi connectivity index (χ2v) is 13.5. The summed E-state index contributed by atoms with van der Waals surface area (Å²) in [5, 5.41) is 14.7. The van der Waals surface area contributed by atoms with Gasteiger partial charge in [0.15, 0.2) is 0 Å². The number of furan rings is 1. The highest BCUT2D eigenvalue weighted by Gasteiger charge is 2.22. The summed E-state index contributed by atoms with van der Waals surface area (Å²) in [5.41, 5.74) is 9.20. The van der Waals surface area contributed by atoms with Gasteiger partial charge in [0.05, 0.1) is 0 Å². The fourth-order valence-corrected chi connectivity index (χ4v) is 8.68. The fourth-order valence-electron chi connectivity index (χ4n) is 8.68. The average molecular weight is 647 g/mol. The van der Waals surface area contributed by atoms with Crippen LogP contribution in [0.5, 0.6) is 0 Å². The van der Waals surface area contributed by atoms with Gasteiger partial charge < -0.3 is 4.42 Å². The summed E-state index contributed by atoms with van der Waals surface area (Å²) < 4.78 is 6.71. The van der Waals surface area contributed by atoms with Crippen LogP contribution >= 0.6 is 0 Å². The van der Waals surface area contributed by atoms with Gasteiger partial charge in [0.2, 0.25) is 0 Å². The Labute approximate surface area is 294 Å². The third-order valence-electron chi connectivity index (χ3n) is 10.8. The van der Waals surface area contributed by atoms with Crippen molar-refractivity contribution in [2.24, 2.45) is 0 Å². The van der Waals surface area contributed by atoms with Crippen molar-refractivity contribution in [2.45, 2.75) is 0 Å². The Balaban J connectivity index is 1.25. The summed E-state index contributed by atoms with van der Waals surface area (Å²) in [6.07, 6.45) is 0. The summed E-state index contributed by atoms with van der Waals surface area (Å²) >= 11 is 0. The lowest BCUT2D eigenvalue weighted by molar-refractivity contribution is 0.670. The molecule has 1 nitrogen and oxygen atoms in total. The molecule has 0 amide bonds. The second kappa shape index (κ2) is 10.9. The molecule has 0 N–H and O–H groups in total. The minimum absolute atomic E-state index is 0.911. The Morgan fingerprint density at radius 2 is 0.686 bits per heavy atom. The van der Waals surface area contributed by atoms with E-state index in [1.165, 1.54) is 81.7 Å². The molecule has 11 aromatic rings. The standard InChI is InChI=1S/C50H30O/c1-3-17-33-31(14-1)16-13-26-38(33)47-39-22-7-9-24-41(39)48(42-25-10-8-23-40(42)47)43-28-29-44(36-20-6-5-19-35(36)43)49-34-18-4-2-15-32(34)30-45-37-21-11-12-27-46(37)51-50(45)49/h1-30H. The molecular weight excluding hydrogens is 617 g/mol. The number of rotatable bonds is 3. The lowest BCUT2D eigenvalue weighted by Crippen LogP contribution is -1.93. The van der Waals surface area contributed by atoms with Crippen LogP contribution < -0.4 is 0 Å². The van der Waals surface area contributed by atoms with E-state index in [1.54, 1.807) is 0 Å². The second-order valence-electron chi connectivity index (χ2n) is 13.5. The Kier molecular flexibility index (Phi) is 6.02. The van der Waals surface area contributed by atoms with Gasteiger partial charge >= 0.3 is 0 Å². The van der Waals surface area contributed by atoms with Crippen LogP contribution in [0, 0.1) is 0 Å². The molecule has 1 heterocycles. The molecule has 1 aromatic heterocycles. The summed E-state index contributed by atoms with van der Waals surface area (Å²) in [5.74, 6) is 0. The van der Waals surface area contributed by atoms with Crippen LogP contribution in [-0.4, -0.2) is 0 Å². The van der Waals surface area contributed by atoms with Gasteiger partial charge in [-0.15, -0.1) is 0 Å². The molecule has 0 fully saturated rings. The van der Waals surface area contributed by atoms with E-state index in [0.717, 1.165) is 27.5 Å². The number of para-hydroxylation sites is 1. The summed E-state index contributed by atoms with van der Waals surface area (Å²) in [6, 6.07) is 66.3. The van der Waals surface area contributed by atoms with Crippen molar-refractivity contribution in [3.63, 3.8) is 0 Å². The predicted molar refractivity (Wildman–Crippen MR) is 218 cm³/mol. The zero-order valence-corrected chi connectivity index (χ0v) is 27.7. The molecule has 0 aliphatic rings. The molecule has 0 radical (unpaired) electrons. The van der Waals surface area contributed by atoms with Crippen molar-refractivity contribution in [3.8, 4) is 33.4 Å². The molecule has 0 saturated carbocycles. The van der Waals surface area contributed by atoms with E-state index in [9.17, 15) is 0 Å². The predicted octanol–water partition coefficient (Wildman–Crippen LogP) is 14.4. The molecule has 11 rings (SSSR count). The van der Waals surface area contributed by atoms with Gasteiger partial charge in [0, 0.05) is 16.3 Å². The molecular formula is C50H30O. The Morgan fingerprint density at radius 1 is 0.255 bits per heavy atom. The highest BCUT2D eigenvalue weighted by Crippen LogP contribution is 2.49. The van der Waals surface area contributed by atoms with Crippen molar-refractivity contribution in [1.82, 2.24) is 0 Å². The minimum Gasteiger partial charge on any atom is -0.455 e. The van der Waals surface area contributed by atoms with Crippen molar-refractivity contribution >= 4 is 75.8 Å². The molecule has 0 aliphatic heterocycles. The topological polar surface area (TPSA) is 13.1 Å². The van der Waals surface area contributed by atoms with E-state index < -0.39 is 0 Å². The Hall–Kier alpha value is -6.70. The fraction of sp³-hybridized carbons (Fsp3) is 0. The van der Waals surface area contributed by atoms with Crippen LogP contribution in [0.4, 0.5) is 0 Å². The van der Waals surface area contributed by atoms with Crippen molar-refractivity contribution in [3.05, 3.63) is 182 Å². The van der Waals surface area contributed by atoms with Crippen molar-refractivity contribution in [2.75, 3.05) is 0 Å². The monoisotopic (exact) mass is 646 g/mol. The van der Waals surface area contributed by atoms with Gasteiger partial charge in [-0.1, -0.05) is 170 Å². The number of hydrogen-bond donors (Lipinski definition) is 0. The first-order valence-corrected chi connectivity index (χ1v) is 17.6. The molecule has 0 atom stereocenters. The normalized spacial score (nSPS) is 11.9. The van der Waals surface area contributed by atoms with Gasteiger partial charge in [-0.2, -0.15) is 0 Å². The van der Waals surface area contributed by atoms with Gasteiger partial charge in [-0.05, 0) is 93.8 Å². The first-order chi connectivity index (χ1) is 25.3. The Morgan fingerprint density at radius 3 is 1.31 bits per heavy atom. The SMILES string of the molecule is c1ccc2c(-c3c4ccccc4c(-c4ccc(-c5c6ccccc6cc6c5oc5ccccc56)c5ccccc45)c4ccccc34)cccc2c1. The molecule has 51 heavy (non-hydrogen) atoms. The van der Waals surface area contributed by atoms with E-state index in [2.05, 4.69) is 182 Å². The molecule has 0 aliphatic carbocycles. The molecule has 236 valence electrons. The highest BCUT2D eigenvalue weighted by molar-refractivity contribution is 6.27. The van der Waals surface area contributed by atoms with Gasteiger partial charge in [-0.3, -0.25) is 0 Å². The van der Waals surface area contributed by atoms with E-state index in [-0.39, 0.29) is 0 Å². The van der Waals surface area contributed by atoms with Gasteiger partial charge in [0.25, 0.3) is 0 Å². The quantitative estimate of drug-likeness (QED) is 0.174. The lowest BCUT2D eigenvalue weighted by Gasteiger charge is -2.20. The molecule has 0 unspecified atom stereocenters. The van der Waals surface area contributed by atoms with Crippen molar-refractivity contribution in [1.29, 1.82) is 0 Å². The molecule has 1 heteroatoms. The smallest absolute Gasteiger partial charge is 0.143 e. The first kappa shape index (κ1) is 28.2. The van der Waals surface area contributed by atoms with E-state index in [1.807, 2.05) is 0 Å². The van der Waals surface area contributed by atoms with Crippen LogP contribution in [0.1, 0.15) is 0 Å². The average Bonchev–Trinajstić information content (AvgIpc) is 3.57. The van der Waals surface area contributed by atoms with Crippen molar-refractivity contribution < 1.29 is 4.42 Å². The zero-order valence-electron chi connectivity index (χ0n) is 27.7. The minimum atomic E-state index is 0.911. The van der Waals surface area contributed by atoms with Crippen LogP contribution in [0.15, 0.2) is 186 Å². The van der Waals surface area contributed by atoms with Crippen LogP contribution in [0.3, 0.4) is 0 Å². The molecule has 0 saturated heterocycles. The maximum atomic E-state index is 6.71. The third-order valence-corrected chi connectivity index (χ3v) is 10.8. The van der Waals surface area contributed by atoms with Crippen LogP contribution in [0.25, 0.3) is 109 Å². The first-order valence-electron chi connectivity index (χ1n) is 17.6. The Bertz CT molecular complexity index is 3130. The number of fused-ring (bicyclic) bond motifs is 8. The molecule has 0 spiro atoms. The summed E-state index contributed by atoms with van der Waals surface area (Å²) in [7, 11) is 0. The number of hydrogen-bond acceptors (Lipinski definition) is 1.